The highest BCUT2D eigenvalue weighted by molar-refractivity contribution is 5.20. The molecule has 0 bridgehead atoms. The van der Waals surface area contributed by atoms with E-state index < -0.39 is 0 Å². The Labute approximate surface area is 98.8 Å². The molecule has 0 radical (unpaired) electrons. The van der Waals surface area contributed by atoms with Crippen molar-refractivity contribution in [2.75, 3.05) is 6.54 Å². The van der Waals surface area contributed by atoms with Gasteiger partial charge in [-0.05, 0) is 43.9 Å². The third kappa shape index (κ3) is 2.74. The summed E-state index contributed by atoms with van der Waals surface area (Å²) in [6.45, 7) is 0.635. The highest BCUT2D eigenvalue weighted by Crippen LogP contribution is 2.37. The Morgan fingerprint density at radius 2 is 2.25 bits per heavy atom. The van der Waals surface area contributed by atoms with Crippen LogP contribution in [-0.4, -0.2) is 12.6 Å². The Kier molecular flexibility index (Phi) is 4.19. The molecule has 0 heterocycles. The summed E-state index contributed by atoms with van der Waals surface area (Å²) in [6.07, 6.45) is 14.5. The Morgan fingerprint density at radius 3 is 2.94 bits per heavy atom. The summed E-state index contributed by atoms with van der Waals surface area (Å²) in [5.74, 6) is 1.43. The van der Waals surface area contributed by atoms with E-state index >= 15 is 0 Å². The van der Waals surface area contributed by atoms with Gasteiger partial charge in [-0.15, -0.1) is 0 Å². The molecule has 2 rings (SSSR count). The maximum absolute atomic E-state index is 6.08. The molecule has 4 N–H and O–H groups in total. The van der Waals surface area contributed by atoms with Crippen molar-refractivity contribution in [1.29, 1.82) is 0 Å². The molecule has 0 aromatic rings. The highest BCUT2D eigenvalue weighted by Gasteiger charge is 2.27. The van der Waals surface area contributed by atoms with Crippen LogP contribution in [0, 0.1) is 11.8 Å². The zero-order chi connectivity index (χ0) is 11.4. The molecule has 16 heavy (non-hydrogen) atoms. The molecule has 1 fully saturated rings. The third-order valence-corrected chi connectivity index (χ3v) is 4.16. The summed E-state index contributed by atoms with van der Waals surface area (Å²) < 4.78 is 0. The van der Waals surface area contributed by atoms with Crippen molar-refractivity contribution in [3.8, 4) is 0 Å². The van der Waals surface area contributed by atoms with Crippen LogP contribution < -0.4 is 11.5 Å². The number of allylic oxidation sites excluding steroid dienone is 4. The van der Waals surface area contributed by atoms with Crippen LogP contribution in [0.25, 0.3) is 0 Å². The van der Waals surface area contributed by atoms with Crippen LogP contribution in [0.3, 0.4) is 0 Å². The Bertz CT molecular complexity index is 280. The minimum Gasteiger partial charge on any atom is -0.329 e. The minimum atomic E-state index is 0.211. The average Bonchev–Trinajstić information content (AvgIpc) is 2.39. The molecular formula is C14H24N2. The predicted octanol–water partition coefficient (Wildman–Crippen LogP) is 2.36. The lowest BCUT2D eigenvalue weighted by Gasteiger charge is -2.34. The SMILES string of the molecule is NCC(N)C1CCCC(C2=CC=CCC2)C1. The smallest absolute Gasteiger partial charge is 0.0191 e. The van der Waals surface area contributed by atoms with Crippen LogP contribution >= 0.6 is 0 Å². The maximum Gasteiger partial charge on any atom is 0.0191 e. The van der Waals surface area contributed by atoms with Gasteiger partial charge in [0.05, 0.1) is 0 Å². The van der Waals surface area contributed by atoms with Crippen molar-refractivity contribution >= 4 is 0 Å². The van der Waals surface area contributed by atoms with Gasteiger partial charge in [-0.1, -0.05) is 30.2 Å². The predicted molar refractivity (Wildman–Crippen MR) is 68.9 cm³/mol. The van der Waals surface area contributed by atoms with Crippen LogP contribution in [0.4, 0.5) is 0 Å². The summed E-state index contributed by atoms with van der Waals surface area (Å²) in [7, 11) is 0. The van der Waals surface area contributed by atoms with Gasteiger partial charge in [0.1, 0.15) is 0 Å². The standard InChI is InChI=1S/C14H24N2/c15-10-14(16)13-8-4-7-12(9-13)11-5-2-1-3-6-11/h1-2,5,12-14H,3-4,6-10,15-16H2. The van der Waals surface area contributed by atoms with Crippen molar-refractivity contribution in [3.63, 3.8) is 0 Å². The first-order valence-electron chi connectivity index (χ1n) is 6.62. The quantitative estimate of drug-likeness (QED) is 0.767. The fourth-order valence-electron chi connectivity index (χ4n) is 3.11. The van der Waals surface area contributed by atoms with Crippen LogP contribution in [0.15, 0.2) is 23.8 Å². The normalized spacial score (nSPS) is 32.2. The summed E-state index contributed by atoms with van der Waals surface area (Å²) in [4.78, 5) is 0. The van der Waals surface area contributed by atoms with Gasteiger partial charge in [-0.3, -0.25) is 0 Å². The first-order valence-corrected chi connectivity index (χ1v) is 6.62. The van der Waals surface area contributed by atoms with Crippen LogP contribution in [0.1, 0.15) is 38.5 Å². The van der Waals surface area contributed by atoms with Crippen molar-refractivity contribution in [1.82, 2.24) is 0 Å². The van der Waals surface area contributed by atoms with Crippen molar-refractivity contribution < 1.29 is 0 Å². The van der Waals surface area contributed by atoms with E-state index in [2.05, 4.69) is 18.2 Å². The van der Waals surface area contributed by atoms with Gasteiger partial charge < -0.3 is 11.5 Å². The van der Waals surface area contributed by atoms with E-state index in [1.54, 1.807) is 5.57 Å². The van der Waals surface area contributed by atoms with Gasteiger partial charge in [-0.2, -0.15) is 0 Å². The second-order valence-electron chi connectivity index (χ2n) is 5.23. The molecule has 2 nitrogen and oxygen atoms in total. The molecule has 3 unspecified atom stereocenters. The van der Waals surface area contributed by atoms with E-state index in [-0.39, 0.29) is 6.04 Å². The second kappa shape index (κ2) is 5.65. The molecule has 0 spiro atoms. The van der Waals surface area contributed by atoms with E-state index in [4.69, 9.17) is 11.5 Å². The minimum absolute atomic E-state index is 0.211. The van der Waals surface area contributed by atoms with Crippen LogP contribution in [-0.2, 0) is 0 Å². The monoisotopic (exact) mass is 220 g/mol. The van der Waals surface area contributed by atoms with Crippen molar-refractivity contribution in [2.24, 2.45) is 23.3 Å². The fourth-order valence-corrected chi connectivity index (χ4v) is 3.11. The zero-order valence-corrected chi connectivity index (χ0v) is 10.1. The molecular weight excluding hydrogens is 196 g/mol. The molecule has 0 aromatic heterocycles. The molecule has 0 amide bonds. The van der Waals surface area contributed by atoms with Gasteiger partial charge in [0, 0.05) is 12.6 Å². The van der Waals surface area contributed by atoms with Crippen molar-refractivity contribution in [2.45, 2.75) is 44.6 Å². The number of nitrogens with two attached hydrogens (primary N) is 2. The van der Waals surface area contributed by atoms with Gasteiger partial charge in [0.2, 0.25) is 0 Å². The van der Waals surface area contributed by atoms with Gasteiger partial charge in [-0.25, -0.2) is 0 Å². The van der Waals surface area contributed by atoms with Crippen LogP contribution in [0.2, 0.25) is 0 Å². The second-order valence-corrected chi connectivity index (χ2v) is 5.23. The summed E-state index contributed by atoms with van der Waals surface area (Å²) in [5.41, 5.74) is 13.4. The largest absolute Gasteiger partial charge is 0.329 e. The molecule has 90 valence electrons. The average molecular weight is 220 g/mol. The lowest BCUT2D eigenvalue weighted by Crippen LogP contribution is -2.39. The lowest BCUT2D eigenvalue weighted by atomic mass is 9.73. The van der Waals surface area contributed by atoms with E-state index in [0.717, 1.165) is 5.92 Å². The molecule has 2 heteroatoms. The van der Waals surface area contributed by atoms with E-state index in [0.29, 0.717) is 12.5 Å². The van der Waals surface area contributed by atoms with Gasteiger partial charge >= 0.3 is 0 Å². The molecule has 3 atom stereocenters. The molecule has 0 aromatic carbocycles. The number of rotatable bonds is 3. The van der Waals surface area contributed by atoms with E-state index in [1.807, 2.05) is 0 Å². The van der Waals surface area contributed by atoms with Gasteiger partial charge in [0.25, 0.3) is 0 Å². The zero-order valence-electron chi connectivity index (χ0n) is 10.1. The Hall–Kier alpha value is -0.600. The summed E-state index contributed by atoms with van der Waals surface area (Å²) in [5, 5.41) is 0. The molecule has 1 saturated carbocycles. The van der Waals surface area contributed by atoms with E-state index in [1.165, 1.54) is 38.5 Å². The molecule has 2 aliphatic carbocycles. The Morgan fingerprint density at radius 1 is 1.38 bits per heavy atom. The van der Waals surface area contributed by atoms with Crippen LogP contribution in [0.5, 0.6) is 0 Å². The van der Waals surface area contributed by atoms with Crippen molar-refractivity contribution in [3.05, 3.63) is 23.8 Å². The maximum atomic E-state index is 6.08. The van der Waals surface area contributed by atoms with E-state index in [9.17, 15) is 0 Å². The molecule has 0 aliphatic heterocycles. The molecule has 2 aliphatic rings. The topological polar surface area (TPSA) is 52.0 Å². The summed E-state index contributed by atoms with van der Waals surface area (Å²) in [6, 6.07) is 0.211. The first kappa shape index (κ1) is 11.9. The number of hydrogen-bond acceptors (Lipinski definition) is 2. The Balaban J connectivity index is 1.96. The highest BCUT2D eigenvalue weighted by atomic mass is 14.7. The fraction of sp³-hybridized carbons (Fsp3) is 0.714. The van der Waals surface area contributed by atoms with Gasteiger partial charge in [0.15, 0.2) is 0 Å². The molecule has 0 saturated heterocycles. The lowest BCUT2D eigenvalue weighted by molar-refractivity contribution is 0.255. The summed E-state index contributed by atoms with van der Waals surface area (Å²) >= 11 is 0. The first-order chi connectivity index (χ1) is 7.81. The number of hydrogen-bond donors (Lipinski definition) is 2. The third-order valence-electron chi connectivity index (χ3n) is 4.16.